The molecule has 1 fully saturated rings. The van der Waals surface area contributed by atoms with E-state index < -0.39 is 0 Å². The van der Waals surface area contributed by atoms with Crippen LogP contribution in [0.2, 0.25) is 0 Å². The average Bonchev–Trinajstić information content (AvgIpc) is 2.34. The van der Waals surface area contributed by atoms with Gasteiger partial charge >= 0.3 is 0 Å². The molecule has 0 radical (unpaired) electrons. The fraction of sp³-hybridized carbons (Fsp3) is 0.462. The van der Waals surface area contributed by atoms with Crippen molar-refractivity contribution in [1.29, 1.82) is 0 Å². The van der Waals surface area contributed by atoms with E-state index in [1.165, 1.54) is 0 Å². The van der Waals surface area contributed by atoms with Crippen molar-refractivity contribution in [3.05, 3.63) is 28.2 Å². The van der Waals surface area contributed by atoms with E-state index in [0.29, 0.717) is 0 Å². The summed E-state index contributed by atoms with van der Waals surface area (Å²) in [6, 6.07) is 5.56. The molecule has 1 aliphatic rings. The van der Waals surface area contributed by atoms with Gasteiger partial charge < -0.3 is 10.0 Å². The Morgan fingerprint density at radius 2 is 2.00 bits per heavy atom. The minimum Gasteiger partial charge on any atom is -0.507 e. The number of nitrogens with zero attached hydrogens (tertiary/aromatic N) is 2. The summed E-state index contributed by atoms with van der Waals surface area (Å²) in [7, 11) is 0. The summed E-state index contributed by atoms with van der Waals surface area (Å²) in [5.74, 6) is 0.419. The normalized spacial score (nSPS) is 16.9. The number of halogens is 1. The largest absolute Gasteiger partial charge is 0.507 e. The van der Waals surface area contributed by atoms with Gasteiger partial charge in [0, 0.05) is 39.6 Å². The Bertz CT molecular complexity index is 443. The molecule has 1 N–H and O–H groups in total. The first-order chi connectivity index (χ1) is 8.56. The van der Waals surface area contributed by atoms with Gasteiger partial charge in [0.1, 0.15) is 5.75 Å². The van der Waals surface area contributed by atoms with E-state index >= 15 is 0 Å². The van der Waals surface area contributed by atoms with Crippen LogP contribution in [-0.4, -0.2) is 47.0 Å². The van der Waals surface area contributed by atoms with E-state index in [1.807, 2.05) is 17.0 Å². The van der Waals surface area contributed by atoms with Gasteiger partial charge in [-0.1, -0.05) is 6.07 Å². The van der Waals surface area contributed by atoms with Gasteiger partial charge in [0.2, 0.25) is 5.91 Å². The van der Waals surface area contributed by atoms with Gasteiger partial charge in [0.05, 0.1) is 4.47 Å². The molecule has 0 saturated carbocycles. The van der Waals surface area contributed by atoms with Crippen molar-refractivity contribution in [2.45, 2.75) is 13.5 Å². The quantitative estimate of drug-likeness (QED) is 0.906. The monoisotopic (exact) mass is 312 g/mol. The van der Waals surface area contributed by atoms with Crippen LogP contribution in [0, 0.1) is 0 Å². The first kappa shape index (κ1) is 13.4. The van der Waals surface area contributed by atoms with Crippen molar-refractivity contribution in [3.63, 3.8) is 0 Å². The zero-order valence-electron chi connectivity index (χ0n) is 10.4. The summed E-state index contributed by atoms with van der Waals surface area (Å²) in [6.45, 7) is 5.87. The smallest absolute Gasteiger partial charge is 0.219 e. The van der Waals surface area contributed by atoms with Gasteiger partial charge in [0.25, 0.3) is 0 Å². The SMILES string of the molecule is CC(=O)N1CCN(Cc2ccc(O)c(Br)c2)CC1. The highest BCUT2D eigenvalue weighted by atomic mass is 79.9. The minimum absolute atomic E-state index is 0.155. The molecule has 2 rings (SSSR count). The van der Waals surface area contributed by atoms with Crippen molar-refractivity contribution < 1.29 is 9.90 Å². The molecule has 0 spiro atoms. The first-order valence-electron chi connectivity index (χ1n) is 6.01. The Kier molecular flexibility index (Phi) is 4.24. The van der Waals surface area contributed by atoms with Crippen LogP contribution in [-0.2, 0) is 11.3 Å². The maximum absolute atomic E-state index is 11.2. The number of carbonyl (C=O) groups is 1. The second kappa shape index (κ2) is 5.71. The molecule has 0 bridgehead atoms. The molecule has 98 valence electrons. The summed E-state index contributed by atoms with van der Waals surface area (Å²) < 4.78 is 0.724. The van der Waals surface area contributed by atoms with E-state index in [-0.39, 0.29) is 11.7 Å². The molecular weight excluding hydrogens is 296 g/mol. The first-order valence-corrected chi connectivity index (χ1v) is 6.81. The van der Waals surface area contributed by atoms with Crippen LogP contribution < -0.4 is 0 Å². The number of phenols is 1. The Balaban J connectivity index is 1.91. The number of phenolic OH excluding ortho intramolecular Hbond substituents is 1. The molecule has 4 nitrogen and oxygen atoms in total. The van der Waals surface area contributed by atoms with Crippen LogP contribution in [0.15, 0.2) is 22.7 Å². The van der Waals surface area contributed by atoms with Crippen LogP contribution in [0.5, 0.6) is 5.75 Å². The molecular formula is C13H17BrN2O2. The van der Waals surface area contributed by atoms with Crippen LogP contribution >= 0.6 is 15.9 Å². The fourth-order valence-electron chi connectivity index (χ4n) is 2.13. The zero-order valence-corrected chi connectivity index (χ0v) is 12.0. The summed E-state index contributed by atoms with van der Waals surface area (Å²) in [6.07, 6.45) is 0. The molecule has 1 aromatic carbocycles. The maximum Gasteiger partial charge on any atom is 0.219 e. The van der Waals surface area contributed by atoms with Gasteiger partial charge in [-0.15, -0.1) is 0 Å². The Morgan fingerprint density at radius 1 is 1.33 bits per heavy atom. The molecule has 0 aliphatic carbocycles. The van der Waals surface area contributed by atoms with Crippen molar-refractivity contribution in [1.82, 2.24) is 9.80 Å². The van der Waals surface area contributed by atoms with E-state index in [4.69, 9.17) is 0 Å². The fourth-order valence-corrected chi connectivity index (χ4v) is 2.55. The zero-order chi connectivity index (χ0) is 13.1. The van der Waals surface area contributed by atoms with Crippen LogP contribution in [0.3, 0.4) is 0 Å². The highest BCUT2D eigenvalue weighted by molar-refractivity contribution is 9.10. The molecule has 1 amide bonds. The summed E-state index contributed by atoms with van der Waals surface area (Å²) in [5.41, 5.74) is 1.16. The maximum atomic E-state index is 11.2. The Hall–Kier alpha value is -1.07. The van der Waals surface area contributed by atoms with Crippen LogP contribution in [0.25, 0.3) is 0 Å². The summed E-state index contributed by atoms with van der Waals surface area (Å²) >= 11 is 3.32. The number of benzene rings is 1. The lowest BCUT2D eigenvalue weighted by Gasteiger charge is -2.34. The molecule has 1 aliphatic heterocycles. The predicted molar refractivity (Wildman–Crippen MR) is 73.3 cm³/mol. The number of carbonyl (C=O) groups excluding carboxylic acids is 1. The highest BCUT2D eigenvalue weighted by Crippen LogP contribution is 2.25. The Labute approximate surface area is 115 Å². The van der Waals surface area contributed by atoms with Crippen molar-refractivity contribution in [2.75, 3.05) is 26.2 Å². The third-order valence-electron chi connectivity index (χ3n) is 3.24. The highest BCUT2D eigenvalue weighted by Gasteiger charge is 2.18. The van der Waals surface area contributed by atoms with Crippen LogP contribution in [0.1, 0.15) is 12.5 Å². The topological polar surface area (TPSA) is 43.8 Å². The van der Waals surface area contributed by atoms with Crippen molar-refractivity contribution in [2.24, 2.45) is 0 Å². The minimum atomic E-state index is 0.155. The third-order valence-corrected chi connectivity index (χ3v) is 3.87. The van der Waals surface area contributed by atoms with Crippen LogP contribution in [0.4, 0.5) is 0 Å². The molecule has 1 saturated heterocycles. The lowest BCUT2D eigenvalue weighted by molar-refractivity contribution is -0.130. The summed E-state index contributed by atoms with van der Waals surface area (Å²) in [5, 5.41) is 9.44. The third kappa shape index (κ3) is 3.23. The number of aromatic hydroxyl groups is 1. The van der Waals surface area contributed by atoms with Crippen molar-refractivity contribution >= 4 is 21.8 Å². The van der Waals surface area contributed by atoms with Gasteiger partial charge in [-0.3, -0.25) is 9.69 Å². The number of hydrogen-bond donors (Lipinski definition) is 1. The molecule has 1 heterocycles. The number of rotatable bonds is 2. The lowest BCUT2D eigenvalue weighted by Crippen LogP contribution is -2.47. The molecule has 0 unspecified atom stereocenters. The number of amides is 1. The molecule has 1 aromatic rings. The summed E-state index contributed by atoms with van der Waals surface area (Å²) in [4.78, 5) is 15.4. The van der Waals surface area contributed by atoms with E-state index in [9.17, 15) is 9.90 Å². The lowest BCUT2D eigenvalue weighted by atomic mass is 10.2. The van der Waals surface area contributed by atoms with E-state index in [1.54, 1.807) is 13.0 Å². The van der Waals surface area contributed by atoms with Gasteiger partial charge in [-0.05, 0) is 33.6 Å². The molecule has 5 heteroatoms. The standard InChI is InChI=1S/C13H17BrN2O2/c1-10(17)16-6-4-15(5-7-16)9-11-2-3-13(18)12(14)8-11/h2-3,8,18H,4-7,9H2,1H3. The second-order valence-electron chi connectivity index (χ2n) is 4.57. The average molecular weight is 313 g/mol. The second-order valence-corrected chi connectivity index (χ2v) is 5.42. The van der Waals surface area contributed by atoms with E-state index in [2.05, 4.69) is 20.8 Å². The van der Waals surface area contributed by atoms with Gasteiger partial charge in [-0.25, -0.2) is 0 Å². The predicted octanol–water partition coefficient (Wildman–Crippen LogP) is 1.82. The van der Waals surface area contributed by atoms with Gasteiger partial charge in [0.15, 0.2) is 0 Å². The van der Waals surface area contributed by atoms with E-state index in [0.717, 1.165) is 42.8 Å². The molecule has 0 aromatic heterocycles. The molecule has 18 heavy (non-hydrogen) atoms. The number of hydrogen-bond acceptors (Lipinski definition) is 3. The Morgan fingerprint density at radius 3 is 2.56 bits per heavy atom. The number of piperazine rings is 1. The molecule has 0 atom stereocenters. The van der Waals surface area contributed by atoms with Gasteiger partial charge in [-0.2, -0.15) is 0 Å². The van der Waals surface area contributed by atoms with Crippen molar-refractivity contribution in [3.8, 4) is 5.75 Å².